The van der Waals surface area contributed by atoms with Crippen LogP contribution in [0.3, 0.4) is 0 Å². The summed E-state index contributed by atoms with van der Waals surface area (Å²) in [6.07, 6.45) is 3.05. The molecule has 5 heteroatoms. The average molecular weight is 251 g/mol. The summed E-state index contributed by atoms with van der Waals surface area (Å²) in [6, 6.07) is 8.61. The van der Waals surface area contributed by atoms with Crippen molar-refractivity contribution < 1.29 is 12.8 Å². The van der Waals surface area contributed by atoms with Crippen LogP contribution in [0.1, 0.15) is 0 Å². The maximum atomic E-state index is 12.1. The SMILES string of the molecule is CN(C)S(=O)(=O)c1ccccc1-c1ccoc1. The molecule has 0 unspecified atom stereocenters. The number of sulfonamides is 1. The van der Waals surface area contributed by atoms with E-state index in [1.54, 1.807) is 30.3 Å². The molecular weight excluding hydrogens is 238 g/mol. The van der Waals surface area contributed by atoms with Gasteiger partial charge in [-0.15, -0.1) is 0 Å². The Labute approximate surface area is 101 Å². The van der Waals surface area contributed by atoms with Crippen molar-refractivity contribution in [2.45, 2.75) is 4.90 Å². The zero-order chi connectivity index (χ0) is 12.5. The van der Waals surface area contributed by atoms with Crippen molar-refractivity contribution in [3.05, 3.63) is 42.9 Å². The first-order valence-corrected chi connectivity index (χ1v) is 6.51. The van der Waals surface area contributed by atoms with Gasteiger partial charge in [0.2, 0.25) is 10.0 Å². The predicted molar refractivity (Wildman–Crippen MR) is 65.0 cm³/mol. The summed E-state index contributed by atoms with van der Waals surface area (Å²) < 4.78 is 30.5. The molecule has 0 aliphatic rings. The van der Waals surface area contributed by atoms with Crippen molar-refractivity contribution in [1.29, 1.82) is 0 Å². The van der Waals surface area contributed by atoms with E-state index in [2.05, 4.69) is 0 Å². The summed E-state index contributed by atoms with van der Waals surface area (Å²) in [5.74, 6) is 0. The van der Waals surface area contributed by atoms with Gasteiger partial charge in [0.15, 0.2) is 0 Å². The Bertz CT molecular complexity index is 600. The molecule has 1 aromatic carbocycles. The smallest absolute Gasteiger partial charge is 0.243 e. The lowest BCUT2D eigenvalue weighted by molar-refractivity contribution is 0.521. The van der Waals surface area contributed by atoms with Crippen LogP contribution in [0.25, 0.3) is 11.1 Å². The Morgan fingerprint density at radius 1 is 1.12 bits per heavy atom. The van der Waals surface area contributed by atoms with E-state index in [-0.39, 0.29) is 4.90 Å². The van der Waals surface area contributed by atoms with Crippen LogP contribution in [0, 0.1) is 0 Å². The average Bonchev–Trinajstić information content (AvgIpc) is 2.82. The van der Waals surface area contributed by atoms with Crippen LogP contribution in [-0.4, -0.2) is 26.8 Å². The van der Waals surface area contributed by atoms with E-state index in [1.807, 2.05) is 0 Å². The summed E-state index contributed by atoms with van der Waals surface area (Å²) in [6.45, 7) is 0. The lowest BCUT2D eigenvalue weighted by Gasteiger charge is -2.14. The summed E-state index contributed by atoms with van der Waals surface area (Å²) in [5.41, 5.74) is 1.40. The van der Waals surface area contributed by atoms with E-state index < -0.39 is 10.0 Å². The molecule has 2 rings (SSSR count). The molecule has 0 saturated carbocycles. The van der Waals surface area contributed by atoms with Crippen LogP contribution in [0.4, 0.5) is 0 Å². The molecule has 4 nitrogen and oxygen atoms in total. The van der Waals surface area contributed by atoms with Crippen LogP contribution < -0.4 is 0 Å². The van der Waals surface area contributed by atoms with Gasteiger partial charge in [0.1, 0.15) is 0 Å². The predicted octanol–water partition coefficient (Wildman–Crippen LogP) is 2.20. The molecule has 1 aromatic heterocycles. The van der Waals surface area contributed by atoms with E-state index in [1.165, 1.54) is 30.9 Å². The molecule has 0 aliphatic heterocycles. The highest BCUT2D eigenvalue weighted by molar-refractivity contribution is 7.89. The van der Waals surface area contributed by atoms with E-state index in [0.29, 0.717) is 5.56 Å². The van der Waals surface area contributed by atoms with Gasteiger partial charge in [-0.25, -0.2) is 12.7 Å². The third kappa shape index (κ3) is 2.11. The Kier molecular flexibility index (Phi) is 3.04. The topological polar surface area (TPSA) is 50.5 Å². The molecule has 0 N–H and O–H groups in total. The van der Waals surface area contributed by atoms with Crippen LogP contribution in [-0.2, 0) is 10.0 Å². The molecule has 90 valence electrons. The molecule has 0 fully saturated rings. The standard InChI is InChI=1S/C12H13NO3S/c1-13(2)17(14,15)12-6-4-3-5-11(12)10-7-8-16-9-10/h3-9H,1-2H3. The molecule has 17 heavy (non-hydrogen) atoms. The highest BCUT2D eigenvalue weighted by Gasteiger charge is 2.21. The molecule has 0 atom stereocenters. The normalized spacial score (nSPS) is 11.9. The van der Waals surface area contributed by atoms with Crippen LogP contribution in [0.2, 0.25) is 0 Å². The van der Waals surface area contributed by atoms with Crippen LogP contribution in [0.15, 0.2) is 52.2 Å². The molecular formula is C12H13NO3S. The molecule has 0 spiro atoms. The molecule has 0 amide bonds. The van der Waals surface area contributed by atoms with Crippen molar-refractivity contribution in [1.82, 2.24) is 4.31 Å². The first-order valence-electron chi connectivity index (χ1n) is 5.07. The zero-order valence-electron chi connectivity index (χ0n) is 9.62. The maximum absolute atomic E-state index is 12.1. The first-order chi connectivity index (χ1) is 8.03. The number of benzene rings is 1. The molecule has 1 heterocycles. The van der Waals surface area contributed by atoms with Gasteiger partial charge in [0.05, 0.1) is 17.4 Å². The van der Waals surface area contributed by atoms with E-state index in [4.69, 9.17) is 4.42 Å². The van der Waals surface area contributed by atoms with Gasteiger partial charge in [0, 0.05) is 25.2 Å². The van der Waals surface area contributed by atoms with E-state index >= 15 is 0 Å². The Morgan fingerprint density at radius 2 is 1.82 bits per heavy atom. The van der Waals surface area contributed by atoms with Gasteiger partial charge < -0.3 is 4.42 Å². The van der Waals surface area contributed by atoms with Crippen molar-refractivity contribution in [3.8, 4) is 11.1 Å². The van der Waals surface area contributed by atoms with Crippen LogP contribution >= 0.6 is 0 Å². The fourth-order valence-electron chi connectivity index (χ4n) is 1.54. The minimum Gasteiger partial charge on any atom is -0.472 e. The third-order valence-electron chi connectivity index (χ3n) is 2.48. The number of furan rings is 1. The van der Waals surface area contributed by atoms with Gasteiger partial charge in [-0.3, -0.25) is 0 Å². The zero-order valence-corrected chi connectivity index (χ0v) is 10.4. The molecule has 0 aliphatic carbocycles. The minimum absolute atomic E-state index is 0.284. The Balaban J connectivity index is 2.65. The maximum Gasteiger partial charge on any atom is 0.243 e. The fourth-order valence-corrected chi connectivity index (χ4v) is 2.65. The third-order valence-corrected chi connectivity index (χ3v) is 4.35. The molecule has 2 aromatic rings. The molecule has 0 radical (unpaired) electrons. The van der Waals surface area contributed by atoms with Gasteiger partial charge >= 0.3 is 0 Å². The highest BCUT2D eigenvalue weighted by Crippen LogP contribution is 2.28. The lowest BCUT2D eigenvalue weighted by atomic mass is 10.1. The number of hydrogen-bond donors (Lipinski definition) is 0. The van der Waals surface area contributed by atoms with Crippen molar-refractivity contribution >= 4 is 10.0 Å². The minimum atomic E-state index is -3.44. The van der Waals surface area contributed by atoms with Crippen molar-refractivity contribution in [3.63, 3.8) is 0 Å². The Hall–Kier alpha value is -1.59. The molecule has 0 saturated heterocycles. The quantitative estimate of drug-likeness (QED) is 0.840. The second kappa shape index (κ2) is 4.35. The van der Waals surface area contributed by atoms with Crippen molar-refractivity contribution in [2.75, 3.05) is 14.1 Å². The fraction of sp³-hybridized carbons (Fsp3) is 0.167. The largest absolute Gasteiger partial charge is 0.472 e. The summed E-state index contributed by atoms with van der Waals surface area (Å²) >= 11 is 0. The van der Waals surface area contributed by atoms with E-state index in [9.17, 15) is 8.42 Å². The number of nitrogens with zero attached hydrogens (tertiary/aromatic N) is 1. The monoisotopic (exact) mass is 251 g/mol. The lowest BCUT2D eigenvalue weighted by Crippen LogP contribution is -2.22. The summed E-state index contributed by atoms with van der Waals surface area (Å²) in [7, 11) is -0.411. The highest BCUT2D eigenvalue weighted by atomic mass is 32.2. The van der Waals surface area contributed by atoms with Gasteiger partial charge in [-0.1, -0.05) is 18.2 Å². The second-order valence-electron chi connectivity index (χ2n) is 3.80. The summed E-state index contributed by atoms with van der Waals surface area (Å²) in [5, 5.41) is 0. The molecule has 0 bridgehead atoms. The second-order valence-corrected chi connectivity index (χ2v) is 5.92. The van der Waals surface area contributed by atoms with Gasteiger partial charge in [-0.05, 0) is 12.1 Å². The summed E-state index contributed by atoms with van der Waals surface area (Å²) in [4.78, 5) is 0.284. The first kappa shape index (κ1) is 11.9. The van der Waals surface area contributed by atoms with Crippen LogP contribution in [0.5, 0.6) is 0 Å². The van der Waals surface area contributed by atoms with Gasteiger partial charge in [0.25, 0.3) is 0 Å². The Morgan fingerprint density at radius 3 is 2.41 bits per heavy atom. The number of hydrogen-bond acceptors (Lipinski definition) is 3. The van der Waals surface area contributed by atoms with Gasteiger partial charge in [-0.2, -0.15) is 0 Å². The van der Waals surface area contributed by atoms with Crippen molar-refractivity contribution in [2.24, 2.45) is 0 Å². The van der Waals surface area contributed by atoms with E-state index in [0.717, 1.165) is 5.56 Å². The number of rotatable bonds is 3.